The van der Waals surface area contributed by atoms with Crippen LogP contribution in [0.3, 0.4) is 0 Å². The molecule has 2 saturated heterocycles. The van der Waals surface area contributed by atoms with Crippen molar-refractivity contribution >= 4 is 0 Å². The van der Waals surface area contributed by atoms with Gasteiger partial charge in [0.05, 0.1) is 0 Å². The quantitative estimate of drug-likeness (QED) is 0.596. The zero-order valence-electron chi connectivity index (χ0n) is 16.5. The molecule has 1 aromatic carbocycles. The number of likely N-dealkylation sites (tertiary alicyclic amines) is 2. The summed E-state index contributed by atoms with van der Waals surface area (Å²) in [5.74, 6) is 0. The second-order valence-corrected chi connectivity index (χ2v) is 7.97. The number of nitrogens with zero attached hydrogens (tertiary/aromatic N) is 2. The van der Waals surface area contributed by atoms with Gasteiger partial charge in [-0.15, -0.1) is 0 Å². The van der Waals surface area contributed by atoms with Gasteiger partial charge in [0.15, 0.2) is 0 Å². The van der Waals surface area contributed by atoms with E-state index in [0.717, 1.165) is 26.2 Å². The smallest absolute Gasteiger partial charge is 0.0206 e. The molecule has 0 spiro atoms. The van der Waals surface area contributed by atoms with E-state index in [1.165, 1.54) is 88.9 Å². The van der Waals surface area contributed by atoms with Crippen LogP contribution in [0.1, 0.15) is 49.7 Å². The van der Waals surface area contributed by atoms with Gasteiger partial charge in [-0.25, -0.2) is 0 Å². The molecule has 0 saturated carbocycles. The third-order valence-electron chi connectivity index (χ3n) is 5.76. The molecule has 0 unspecified atom stereocenters. The van der Waals surface area contributed by atoms with Crippen LogP contribution in [0.25, 0.3) is 0 Å². The SMILES string of the molecule is c1cc(CNCCN2CCCCC2)ccc1CNCCCN1CCCC1. The largest absolute Gasteiger partial charge is 0.313 e. The Bertz CT molecular complexity index is 475. The van der Waals surface area contributed by atoms with Gasteiger partial charge < -0.3 is 20.4 Å². The Hall–Kier alpha value is -0.940. The number of hydrogen-bond donors (Lipinski definition) is 2. The average molecular weight is 359 g/mol. The fourth-order valence-corrected chi connectivity index (χ4v) is 4.09. The Balaban J connectivity index is 1.22. The maximum atomic E-state index is 3.59. The van der Waals surface area contributed by atoms with Crippen molar-refractivity contribution < 1.29 is 0 Å². The van der Waals surface area contributed by atoms with Crippen molar-refractivity contribution in [1.29, 1.82) is 0 Å². The maximum absolute atomic E-state index is 3.59. The zero-order valence-corrected chi connectivity index (χ0v) is 16.5. The Kier molecular flexibility index (Phi) is 8.92. The van der Waals surface area contributed by atoms with Crippen LogP contribution >= 0.6 is 0 Å². The number of benzene rings is 1. The van der Waals surface area contributed by atoms with Crippen molar-refractivity contribution in [2.45, 2.75) is 51.6 Å². The van der Waals surface area contributed by atoms with E-state index < -0.39 is 0 Å². The molecule has 0 atom stereocenters. The summed E-state index contributed by atoms with van der Waals surface area (Å²) in [5, 5.41) is 7.18. The van der Waals surface area contributed by atoms with Crippen molar-refractivity contribution in [3.05, 3.63) is 35.4 Å². The Labute approximate surface area is 160 Å². The Morgan fingerprint density at radius 3 is 1.73 bits per heavy atom. The van der Waals surface area contributed by atoms with Gasteiger partial charge in [0, 0.05) is 26.2 Å². The van der Waals surface area contributed by atoms with Crippen molar-refractivity contribution in [2.24, 2.45) is 0 Å². The molecule has 146 valence electrons. The van der Waals surface area contributed by atoms with Gasteiger partial charge in [-0.1, -0.05) is 30.7 Å². The fourth-order valence-electron chi connectivity index (χ4n) is 4.09. The van der Waals surface area contributed by atoms with E-state index >= 15 is 0 Å². The molecule has 0 radical (unpaired) electrons. The highest BCUT2D eigenvalue weighted by atomic mass is 15.1. The molecule has 0 aromatic heterocycles. The van der Waals surface area contributed by atoms with Crippen LogP contribution in [0.4, 0.5) is 0 Å². The highest BCUT2D eigenvalue weighted by Crippen LogP contribution is 2.08. The summed E-state index contributed by atoms with van der Waals surface area (Å²) in [4.78, 5) is 5.18. The summed E-state index contributed by atoms with van der Waals surface area (Å²) in [6.45, 7) is 11.9. The zero-order chi connectivity index (χ0) is 17.9. The molecular formula is C22H38N4. The summed E-state index contributed by atoms with van der Waals surface area (Å²) >= 11 is 0. The van der Waals surface area contributed by atoms with Gasteiger partial charge in [-0.2, -0.15) is 0 Å². The van der Waals surface area contributed by atoms with E-state index in [0.29, 0.717) is 0 Å². The van der Waals surface area contributed by atoms with Gasteiger partial charge in [0.1, 0.15) is 0 Å². The lowest BCUT2D eigenvalue weighted by molar-refractivity contribution is 0.229. The summed E-state index contributed by atoms with van der Waals surface area (Å²) in [6, 6.07) is 9.09. The number of rotatable bonds is 11. The molecule has 2 aliphatic heterocycles. The number of nitrogens with one attached hydrogen (secondary N) is 2. The van der Waals surface area contributed by atoms with E-state index in [2.05, 4.69) is 44.7 Å². The highest BCUT2D eigenvalue weighted by Gasteiger charge is 2.10. The molecule has 2 fully saturated rings. The van der Waals surface area contributed by atoms with Crippen molar-refractivity contribution in [3.63, 3.8) is 0 Å². The van der Waals surface area contributed by atoms with Gasteiger partial charge in [0.2, 0.25) is 0 Å². The highest BCUT2D eigenvalue weighted by molar-refractivity contribution is 5.22. The van der Waals surface area contributed by atoms with Crippen LogP contribution in [-0.2, 0) is 13.1 Å². The van der Waals surface area contributed by atoms with E-state index in [9.17, 15) is 0 Å². The van der Waals surface area contributed by atoms with E-state index in [1.807, 2.05) is 0 Å². The fraction of sp³-hybridized carbons (Fsp3) is 0.727. The van der Waals surface area contributed by atoms with E-state index in [1.54, 1.807) is 0 Å². The summed E-state index contributed by atoms with van der Waals surface area (Å²) in [6.07, 6.45) is 8.24. The predicted molar refractivity (Wildman–Crippen MR) is 110 cm³/mol. The monoisotopic (exact) mass is 358 g/mol. The average Bonchev–Trinajstić information content (AvgIpc) is 3.20. The number of hydrogen-bond acceptors (Lipinski definition) is 4. The minimum absolute atomic E-state index is 0.984. The molecule has 26 heavy (non-hydrogen) atoms. The van der Waals surface area contributed by atoms with Crippen LogP contribution in [-0.4, -0.2) is 62.2 Å². The molecule has 0 amide bonds. The summed E-state index contributed by atoms with van der Waals surface area (Å²) < 4.78 is 0. The molecule has 0 aliphatic carbocycles. The van der Waals surface area contributed by atoms with Crippen LogP contribution in [0.5, 0.6) is 0 Å². The van der Waals surface area contributed by atoms with Crippen LogP contribution in [0.2, 0.25) is 0 Å². The first-order valence-corrected chi connectivity index (χ1v) is 10.8. The van der Waals surface area contributed by atoms with Crippen LogP contribution in [0, 0.1) is 0 Å². The molecular weight excluding hydrogens is 320 g/mol. The predicted octanol–water partition coefficient (Wildman–Crippen LogP) is 2.84. The first-order valence-electron chi connectivity index (χ1n) is 10.8. The van der Waals surface area contributed by atoms with E-state index in [4.69, 9.17) is 0 Å². The molecule has 4 heteroatoms. The van der Waals surface area contributed by atoms with Gasteiger partial charge >= 0.3 is 0 Å². The van der Waals surface area contributed by atoms with Gasteiger partial charge in [-0.3, -0.25) is 0 Å². The normalized spacial score (nSPS) is 19.2. The van der Waals surface area contributed by atoms with Gasteiger partial charge in [-0.05, 0) is 82.5 Å². The molecule has 2 heterocycles. The first kappa shape index (κ1) is 19.8. The van der Waals surface area contributed by atoms with Crippen molar-refractivity contribution in [3.8, 4) is 0 Å². The van der Waals surface area contributed by atoms with Crippen molar-refractivity contribution in [1.82, 2.24) is 20.4 Å². The number of piperidine rings is 1. The lowest BCUT2D eigenvalue weighted by Crippen LogP contribution is -2.35. The standard InChI is InChI=1S/C22H38N4/c1-2-13-26(14-3-1)18-12-24-20-22-9-7-21(8-10-22)19-23-11-6-17-25-15-4-5-16-25/h7-10,23-24H,1-6,11-20H2. The lowest BCUT2D eigenvalue weighted by atomic mass is 10.1. The molecule has 0 bridgehead atoms. The lowest BCUT2D eigenvalue weighted by Gasteiger charge is -2.26. The second kappa shape index (κ2) is 11.7. The third-order valence-corrected chi connectivity index (χ3v) is 5.76. The Morgan fingerprint density at radius 2 is 1.12 bits per heavy atom. The first-order chi connectivity index (χ1) is 12.9. The molecule has 1 aromatic rings. The summed E-state index contributed by atoms with van der Waals surface area (Å²) in [5.41, 5.74) is 2.78. The molecule has 3 rings (SSSR count). The van der Waals surface area contributed by atoms with Crippen LogP contribution in [0.15, 0.2) is 24.3 Å². The summed E-state index contributed by atoms with van der Waals surface area (Å²) in [7, 11) is 0. The van der Waals surface area contributed by atoms with E-state index in [-0.39, 0.29) is 0 Å². The molecule has 2 N–H and O–H groups in total. The topological polar surface area (TPSA) is 30.5 Å². The molecule has 2 aliphatic rings. The third kappa shape index (κ3) is 7.36. The minimum atomic E-state index is 0.984. The Morgan fingerprint density at radius 1 is 0.615 bits per heavy atom. The second-order valence-electron chi connectivity index (χ2n) is 7.97. The van der Waals surface area contributed by atoms with Crippen LogP contribution < -0.4 is 10.6 Å². The maximum Gasteiger partial charge on any atom is 0.0206 e. The van der Waals surface area contributed by atoms with Gasteiger partial charge in [0.25, 0.3) is 0 Å². The molecule has 4 nitrogen and oxygen atoms in total. The minimum Gasteiger partial charge on any atom is -0.313 e. The van der Waals surface area contributed by atoms with Crippen molar-refractivity contribution in [2.75, 3.05) is 52.4 Å².